The lowest BCUT2D eigenvalue weighted by molar-refractivity contribution is -0.117. The molecule has 0 aliphatic carbocycles. The summed E-state index contributed by atoms with van der Waals surface area (Å²) in [6.07, 6.45) is 1.87. The first kappa shape index (κ1) is 27.2. The van der Waals surface area contributed by atoms with Gasteiger partial charge in [-0.15, -0.1) is 0 Å². The molecule has 2 aromatic carbocycles. The molecule has 0 saturated carbocycles. The minimum atomic E-state index is -0.439. The number of benzene rings is 2. The van der Waals surface area contributed by atoms with Crippen LogP contribution < -0.4 is 10.6 Å². The van der Waals surface area contributed by atoms with E-state index in [9.17, 15) is 9.59 Å². The molecule has 9 heteroatoms. The minimum absolute atomic E-state index is 0.151. The third-order valence-corrected chi connectivity index (χ3v) is 5.79. The summed E-state index contributed by atoms with van der Waals surface area (Å²) in [6, 6.07) is 13.1. The number of aromatic nitrogens is 2. The number of halogens is 1. The van der Waals surface area contributed by atoms with Crippen molar-refractivity contribution < 1.29 is 14.3 Å². The van der Waals surface area contributed by atoms with Crippen molar-refractivity contribution in [2.75, 3.05) is 32.1 Å². The van der Waals surface area contributed by atoms with Gasteiger partial charge in [0.05, 0.1) is 12.3 Å². The standard InChI is InChI=1S/C27H34ClN5O3/c1-18-7-12-22(15-19(18)2)33-16-23(20-8-10-21(28)11-9-20)29-25(33)30-24(34)17-32(13-14-36-6)26(35)31-27(3,4)5/h7-12,15-16H,13-14,17H2,1-6H3,(H,31,35)(H,29,30,34). The molecule has 0 bridgehead atoms. The number of hydrogen-bond donors (Lipinski definition) is 2. The van der Waals surface area contributed by atoms with Gasteiger partial charge in [-0.2, -0.15) is 0 Å². The molecule has 1 aromatic heterocycles. The highest BCUT2D eigenvalue weighted by Gasteiger charge is 2.23. The summed E-state index contributed by atoms with van der Waals surface area (Å²) in [5, 5.41) is 6.42. The second-order valence-corrected chi connectivity index (χ2v) is 10.2. The Labute approximate surface area is 217 Å². The molecular weight excluding hydrogens is 478 g/mol. The number of anilines is 1. The van der Waals surface area contributed by atoms with Crippen molar-refractivity contribution in [3.05, 3.63) is 64.8 Å². The van der Waals surface area contributed by atoms with Crippen LogP contribution in [0.2, 0.25) is 5.02 Å². The van der Waals surface area contributed by atoms with Gasteiger partial charge in [0, 0.05) is 41.7 Å². The Balaban J connectivity index is 1.90. The second kappa shape index (κ2) is 11.6. The molecule has 1 heterocycles. The number of ether oxygens (including phenoxy) is 1. The van der Waals surface area contributed by atoms with Crippen molar-refractivity contribution >= 4 is 29.5 Å². The quantitative estimate of drug-likeness (QED) is 0.435. The lowest BCUT2D eigenvalue weighted by atomic mass is 10.1. The zero-order valence-electron chi connectivity index (χ0n) is 21.7. The fraction of sp³-hybridized carbons (Fsp3) is 0.370. The molecule has 0 spiro atoms. The van der Waals surface area contributed by atoms with Crippen molar-refractivity contribution in [3.63, 3.8) is 0 Å². The van der Waals surface area contributed by atoms with Crippen molar-refractivity contribution in [2.24, 2.45) is 0 Å². The normalized spacial score (nSPS) is 11.3. The largest absolute Gasteiger partial charge is 0.383 e. The van der Waals surface area contributed by atoms with Gasteiger partial charge in [0.15, 0.2) is 0 Å². The molecule has 0 radical (unpaired) electrons. The third kappa shape index (κ3) is 7.32. The third-order valence-electron chi connectivity index (χ3n) is 5.53. The summed E-state index contributed by atoms with van der Waals surface area (Å²) in [7, 11) is 1.55. The molecule has 8 nitrogen and oxygen atoms in total. The van der Waals surface area contributed by atoms with E-state index < -0.39 is 5.54 Å². The van der Waals surface area contributed by atoms with Crippen LogP contribution in [-0.4, -0.2) is 58.7 Å². The Hall–Kier alpha value is -3.36. The van der Waals surface area contributed by atoms with Gasteiger partial charge in [-0.3, -0.25) is 14.7 Å². The SMILES string of the molecule is COCCN(CC(=O)Nc1nc(-c2ccc(Cl)cc2)cn1-c1ccc(C)c(C)c1)C(=O)NC(C)(C)C. The van der Waals surface area contributed by atoms with Gasteiger partial charge < -0.3 is 15.0 Å². The Bertz CT molecular complexity index is 1220. The summed E-state index contributed by atoms with van der Waals surface area (Å²) in [5.74, 6) is -0.00961. The van der Waals surface area contributed by atoms with Crippen molar-refractivity contribution in [1.82, 2.24) is 19.8 Å². The van der Waals surface area contributed by atoms with Crippen LogP contribution in [0.5, 0.6) is 0 Å². The van der Waals surface area contributed by atoms with E-state index in [2.05, 4.69) is 10.6 Å². The molecule has 0 saturated heterocycles. The zero-order valence-corrected chi connectivity index (χ0v) is 22.4. The smallest absolute Gasteiger partial charge is 0.318 e. The average molecular weight is 512 g/mol. The number of carbonyl (C=O) groups excluding carboxylic acids is 2. The fourth-order valence-electron chi connectivity index (χ4n) is 3.49. The first-order valence-electron chi connectivity index (χ1n) is 11.8. The van der Waals surface area contributed by atoms with Gasteiger partial charge in [0.1, 0.15) is 6.54 Å². The monoisotopic (exact) mass is 511 g/mol. The number of rotatable bonds is 8. The van der Waals surface area contributed by atoms with Crippen LogP contribution in [0.1, 0.15) is 31.9 Å². The van der Waals surface area contributed by atoms with Gasteiger partial charge in [0.2, 0.25) is 11.9 Å². The van der Waals surface area contributed by atoms with Gasteiger partial charge in [-0.05, 0) is 70.0 Å². The average Bonchev–Trinajstić information content (AvgIpc) is 3.21. The summed E-state index contributed by atoms with van der Waals surface area (Å²) < 4.78 is 6.97. The minimum Gasteiger partial charge on any atom is -0.383 e. The summed E-state index contributed by atoms with van der Waals surface area (Å²) in [6.45, 7) is 10.2. The van der Waals surface area contributed by atoms with E-state index in [0.717, 1.165) is 16.8 Å². The molecule has 0 aliphatic rings. The number of aryl methyl sites for hydroxylation is 2. The molecular formula is C27H34ClN5O3. The van der Waals surface area contributed by atoms with Gasteiger partial charge in [0.25, 0.3) is 0 Å². The number of carbonyl (C=O) groups is 2. The molecule has 3 aromatic rings. The highest BCUT2D eigenvalue weighted by atomic mass is 35.5. The number of amides is 3. The molecule has 0 atom stereocenters. The molecule has 192 valence electrons. The van der Waals surface area contributed by atoms with Gasteiger partial charge in [-0.25, -0.2) is 9.78 Å². The highest BCUT2D eigenvalue weighted by Crippen LogP contribution is 2.26. The predicted octanol–water partition coefficient (Wildman–Crippen LogP) is 5.20. The maximum Gasteiger partial charge on any atom is 0.318 e. The Morgan fingerprint density at radius 1 is 1.08 bits per heavy atom. The van der Waals surface area contributed by atoms with E-state index in [1.165, 1.54) is 10.5 Å². The number of urea groups is 1. The first-order valence-corrected chi connectivity index (χ1v) is 12.1. The van der Waals surface area contributed by atoms with Crippen LogP contribution in [0, 0.1) is 13.8 Å². The van der Waals surface area contributed by atoms with Crippen molar-refractivity contribution in [1.29, 1.82) is 0 Å². The van der Waals surface area contributed by atoms with Crippen molar-refractivity contribution in [3.8, 4) is 16.9 Å². The van der Waals surface area contributed by atoms with Crippen LogP contribution in [-0.2, 0) is 9.53 Å². The molecule has 0 unspecified atom stereocenters. The number of nitrogens with zero attached hydrogens (tertiary/aromatic N) is 3. The maximum atomic E-state index is 13.1. The Morgan fingerprint density at radius 3 is 2.39 bits per heavy atom. The maximum absolute atomic E-state index is 13.1. The lowest BCUT2D eigenvalue weighted by Crippen LogP contribution is -2.51. The summed E-state index contributed by atoms with van der Waals surface area (Å²) in [5.41, 5.74) is 4.26. The van der Waals surface area contributed by atoms with Crippen LogP contribution >= 0.6 is 11.6 Å². The van der Waals surface area contributed by atoms with Gasteiger partial charge in [-0.1, -0.05) is 29.8 Å². The van der Waals surface area contributed by atoms with Gasteiger partial charge >= 0.3 is 6.03 Å². The van der Waals surface area contributed by atoms with Crippen LogP contribution in [0.3, 0.4) is 0 Å². The van der Waals surface area contributed by atoms with Crippen molar-refractivity contribution in [2.45, 2.75) is 40.2 Å². The van der Waals surface area contributed by atoms with E-state index in [-0.39, 0.29) is 25.0 Å². The Kier molecular flexibility index (Phi) is 8.76. The predicted molar refractivity (Wildman–Crippen MR) is 144 cm³/mol. The van der Waals surface area contributed by atoms with Crippen LogP contribution in [0.4, 0.5) is 10.7 Å². The van der Waals surface area contributed by atoms with E-state index >= 15 is 0 Å². The topological polar surface area (TPSA) is 88.5 Å². The molecule has 36 heavy (non-hydrogen) atoms. The number of imidazole rings is 1. The molecule has 0 aliphatic heterocycles. The summed E-state index contributed by atoms with van der Waals surface area (Å²) >= 11 is 6.05. The van der Waals surface area contributed by atoms with E-state index in [0.29, 0.717) is 23.3 Å². The first-order chi connectivity index (χ1) is 17.0. The lowest BCUT2D eigenvalue weighted by Gasteiger charge is -2.28. The zero-order chi connectivity index (χ0) is 26.5. The van der Waals surface area contributed by atoms with Crippen LogP contribution in [0.15, 0.2) is 48.7 Å². The van der Waals surface area contributed by atoms with E-state index in [1.807, 2.05) is 75.7 Å². The number of methoxy groups -OCH3 is 1. The fourth-order valence-corrected chi connectivity index (χ4v) is 3.62. The highest BCUT2D eigenvalue weighted by molar-refractivity contribution is 6.30. The van der Waals surface area contributed by atoms with Crippen LogP contribution in [0.25, 0.3) is 16.9 Å². The number of hydrogen-bond acceptors (Lipinski definition) is 4. The van der Waals surface area contributed by atoms with E-state index in [4.69, 9.17) is 21.3 Å². The number of nitrogens with one attached hydrogen (secondary N) is 2. The van der Waals surface area contributed by atoms with E-state index in [1.54, 1.807) is 19.2 Å². The Morgan fingerprint density at radius 2 is 1.78 bits per heavy atom. The molecule has 3 amide bonds. The molecule has 2 N–H and O–H groups in total. The summed E-state index contributed by atoms with van der Waals surface area (Å²) in [4.78, 5) is 32.0. The molecule has 3 rings (SSSR count). The molecule has 0 fully saturated rings. The second-order valence-electron chi connectivity index (χ2n) is 9.74.